The molecule has 0 radical (unpaired) electrons. The van der Waals surface area contributed by atoms with E-state index in [9.17, 15) is 10.2 Å². The Bertz CT molecular complexity index is 713. The van der Waals surface area contributed by atoms with Gasteiger partial charge in [0, 0.05) is 29.6 Å². The van der Waals surface area contributed by atoms with E-state index in [0.29, 0.717) is 34.0 Å². The number of hydrogen-bond acceptors (Lipinski definition) is 6. The van der Waals surface area contributed by atoms with Crippen molar-refractivity contribution in [3.63, 3.8) is 0 Å². The van der Waals surface area contributed by atoms with E-state index in [2.05, 4.69) is 9.98 Å². The fourth-order valence-electron chi connectivity index (χ4n) is 2.03. The molecule has 0 aliphatic carbocycles. The molecule has 6 nitrogen and oxygen atoms in total. The summed E-state index contributed by atoms with van der Waals surface area (Å²) in [7, 11) is 0. The Labute approximate surface area is 121 Å². The van der Waals surface area contributed by atoms with Gasteiger partial charge < -0.3 is 19.7 Å². The molecule has 108 valence electrons. The van der Waals surface area contributed by atoms with E-state index in [0.717, 1.165) is 0 Å². The van der Waals surface area contributed by atoms with Crippen molar-refractivity contribution in [2.24, 2.45) is 4.99 Å². The lowest BCUT2D eigenvalue weighted by molar-refractivity contribution is 0.174. The number of hydrogen-bond donors (Lipinski definition) is 2. The molecule has 0 saturated carbocycles. The van der Waals surface area contributed by atoms with Gasteiger partial charge in [-0.1, -0.05) is 0 Å². The predicted molar refractivity (Wildman–Crippen MR) is 76.4 cm³/mol. The van der Waals surface area contributed by atoms with Gasteiger partial charge in [-0.25, -0.2) is 0 Å². The van der Waals surface area contributed by atoms with Crippen molar-refractivity contribution in [1.82, 2.24) is 4.98 Å². The molecule has 1 aliphatic heterocycles. The SMILES string of the molecule is Cc1ncc(CO)c(C=Nc2ccc3c(c2)OCO3)c1O. The smallest absolute Gasteiger partial charge is 0.231 e. The third-order valence-corrected chi connectivity index (χ3v) is 3.23. The molecule has 0 saturated heterocycles. The van der Waals surface area contributed by atoms with Crippen LogP contribution in [0.2, 0.25) is 0 Å². The summed E-state index contributed by atoms with van der Waals surface area (Å²) in [6.07, 6.45) is 3.03. The van der Waals surface area contributed by atoms with Crippen LogP contribution >= 0.6 is 0 Å². The van der Waals surface area contributed by atoms with Crippen LogP contribution in [0.25, 0.3) is 0 Å². The van der Waals surface area contributed by atoms with Gasteiger partial charge in [-0.2, -0.15) is 0 Å². The number of rotatable bonds is 3. The molecule has 2 N–H and O–H groups in total. The highest BCUT2D eigenvalue weighted by Gasteiger charge is 2.13. The fourth-order valence-corrected chi connectivity index (χ4v) is 2.03. The van der Waals surface area contributed by atoms with Gasteiger partial charge in [0.25, 0.3) is 0 Å². The molecule has 0 fully saturated rings. The van der Waals surface area contributed by atoms with E-state index in [1.54, 1.807) is 25.1 Å². The van der Waals surface area contributed by atoms with Crippen molar-refractivity contribution in [1.29, 1.82) is 0 Å². The minimum Gasteiger partial charge on any atom is -0.505 e. The normalized spacial score (nSPS) is 13.0. The average molecular weight is 286 g/mol. The fraction of sp³-hybridized carbons (Fsp3) is 0.200. The molecule has 0 amide bonds. The number of aliphatic hydroxyl groups excluding tert-OH is 1. The molecule has 1 aromatic heterocycles. The number of aryl methyl sites for hydroxylation is 1. The van der Waals surface area contributed by atoms with Crippen LogP contribution in [0.4, 0.5) is 5.69 Å². The lowest BCUT2D eigenvalue weighted by Gasteiger charge is -2.07. The van der Waals surface area contributed by atoms with Crippen LogP contribution < -0.4 is 9.47 Å². The minimum absolute atomic E-state index is 0.0195. The zero-order valence-electron chi connectivity index (χ0n) is 11.4. The second kappa shape index (κ2) is 5.41. The van der Waals surface area contributed by atoms with Gasteiger partial charge in [0.15, 0.2) is 11.5 Å². The summed E-state index contributed by atoms with van der Waals surface area (Å²) >= 11 is 0. The van der Waals surface area contributed by atoms with Gasteiger partial charge in [0.05, 0.1) is 18.0 Å². The van der Waals surface area contributed by atoms with Gasteiger partial charge in [-0.15, -0.1) is 0 Å². The van der Waals surface area contributed by atoms with E-state index in [4.69, 9.17) is 9.47 Å². The molecule has 1 aromatic carbocycles. The van der Waals surface area contributed by atoms with Gasteiger partial charge in [-0.05, 0) is 19.1 Å². The van der Waals surface area contributed by atoms with Gasteiger partial charge in [0.2, 0.25) is 6.79 Å². The molecule has 0 spiro atoms. The molecule has 0 atom stereocenters. The summed E-state index contributed by atoms with van der Waals surface area (Å²) in [6.45, 7) is 1.68. The van der Waals surface area contributed by atoms with Gasteiger partial charge in [0.1, 0.15) is 5.75 Å². The monoisotopic (exact) mass is 286 g/mol. The number of nitrogens with zero attached hydrogens (tertiary/aromatic N) is 2. The van der Waals surface area contributed by atoms with Crippen LogP contribution in [0.1, 0.15) is 16.8 Å². The van der Waals surface area contributed by atoms with E-state index < -0.39 is 0 Å². The first-order chi connectivity index (χ1) is 10.2. The standard InChI is InChI=1S/C15H14N2O4/c1-9-15(19)12(10(7-18)5-16-9)6-17-11-2-3-13-14(4-11)21-8-20-13/h2-6,18-19H,7-8H2,1H3. The van der Waals surface area contributed by atoms with Crippen molar-refractivity contribution in [3.8, 4) is 17.2 Å². The van der Waals surface area contributed by atoms with Crippen molar-refractivity contribution in [3.05, 3.63) is 41.2 Å². The first kappa shape index (κ1) is 13.4. The Kier molecular flexibility index (Phi) is 3.45. The molecule has 6 heteroatoms. The molecule has 0 unspecified atom stereocenters. The van der Waals surface area contributed by atoms with Crippen LogP contribution in [0.3, 0.4) is 0 Å². The second-order valence-electron chi connectivity index (χ2n) is 4.59. The first-order valence-corrected chi connectivity index (χ1v) is 6.41. The number of aromatic nitrogens is 1. The quantitative estimate of drug-likeness (QED) is 0.844. The number of aromatic hydroxyl groups is 1. The number of pyridine rings is 1. The topological polar surface area (TPSA) is 84.2 Å². The Morgan fingerprint density at radius 1 is 1.33 bits per heavy atom. The third kappa shape index (κ3) is 2.53. The van der Waals surface area contributed by atoms with E-state index >= 15 is 0 Å². The van der Waals surface area contributed by atoms with Crippen LogP contribution in [0, 0.1) is 6.92 Å². The van der Waals surface area contributed by atoms with Crippen molar-refractivity contribution in [2.45, 2.75) is 13.5 Å². The summed E-state index contributed by atoms with van der Waals surface area (Å²) in [5.74, 6) is 1.35. The van der Waals surface area contributed by atoms with Gasteiger partial charge in [-0.3, -0.25) is 9.98 Å². The summed E-state index contributed by atoms with van der Waals surface area (Å²) in [6, 6.07) is 5.32. The Hall–Kier alpha value is -2.60. The summed E-state index contributed by atoms with van der Waals surface area (Å²) in [5.41, 5.74) is 2.13. The number of aliphatic imine (C=N–C) groups is 1. The van der Waals surface area contributed by atoms with E-state index in [1.165, 1.54) is 12.4 Å². The van der Waals surface area contributed by atoms with Gasteiger partial charge >= 0.3 is 0 Å². The number of benzene rings is 1. The molecule has 0 bridgehead atoms. The molecular formula is C15H14N2O4. The highest BCUT2D eigenvalue weighted by Crippen LogP contribution is 2.35. The maximum Gasteiger partial charge on any atom is 0.231 e. The molecule has 1 aliphatic rings. The third-order valence-electron chi connectivity index (χ3n) is 3.23. The molecule has 2 aromatic rings. The Morgan fingerprint density at radius 2 is 2.14 bits per heavy atom. The number of aliphatic hydroxyl groups is 1. The lowest BCUT2D eigenvalue weighted by atomic mass is 10.1. The van der Waals surface area contributed by atoms with E-state index in [1.807, 2.05) is 0 Å². The van der Waals surface area contributed by atoms with Crippen LogP contribution in [-0.2, 0) is 6.61 Å². The zero-order valence-corrected chi connectivity index (χ0v) is 11.4. The lowest BCUT2D eigenvalue weighted by Crippen LogP contribution is -1.97. The maximum atomic E-state index is 10.0. The average Bonchev–Trinajstić information content (AvgIpc) is 2.96. The minimum atomic E-state index is -0.219. The Balaban J connectivity index is 1.94. The predicted octanol–water partition coefficient (Wildman–Crippen LogP) is 2.07. The van der Waals surface area contributed by atoms with Crippen molar-refractivity contribution < 1.29 is 19.7 Å². The second-order valence-corrected chi connectivity index (χ2v) is 4.59. The maximum absolute atomic E-state index is 10.0. The molecule has 21 heavy (non-hydrogen) atoms. The summed E-state index contributed by atoms with van der Waals surface area (Å²) < 4.78 is 10.5. The van der Waals surface area contributed by atoms with Crippen molar-refractivity contribution in [2.75, 3.05) is 6.79 Å². The zero-order chi connectivity index (χ0) is 14.8. The van der Waals surface area contributed by atoms with Crippen molar-refractivity contribution >= 4 is 11.9 Å². The molecule has 3 rings (SSSR count). The number of ether oxygens (including phenoxy) is 2. The van der Waals surface area contributed by atoms with Crippen LogP contribution in [0.5, 0.6) is 17.2 Å². The summed E-state index contributed by atoms with van der Waals surface area (Å²) in [4.78, 5) is 8.31. The van der Waals surface area contributed by atoms with Crippen LogP contribution in [0.15, 0.2) is 29.4 Å². The summed E-state index contributed by atoms with van der Waals surface area (Å²) in [5, 5.41) is 19.3. The highest BCUT2D eigenvalue weighted by atomic mass is 16.7. The molecule has 2 heterocycles. The highest BCUT2D eigenvalue weighted by molar-refractivity contribution is 5.87. The first-order valence-electron chi connectivity index (χ1n) is 6.41. The number of fused-ring (bicyclic) bond motifs is 1. The largest absolute Gasteiger partial charge is 0.505 e. The Morgan fingerprint density at radius 3 is 2.95 bits per heavy atom. The molecular weight excluding hydrogens is 272 g/mol. The van der Waals surface area contributed by atoms with E-state index in [-0.39, 0.29) is 19.1 Å². The van der Waals surface area contributed by atoms with Crippen LogP contribution in [-0.4, -0.2) is 28.2 Å².